The van der Waals surface area contributed by atoms with Crippen molar-refractivity contribution in [2.75, 3.05) is 18.4 Å². The molecule has 0 aliphatic carbocycles. The number of amides is 4. The molecule has 0 fully saturated rings. The molecular formula is C30H37N7O6. The van der Waals surface area contributed by atoms with E-state index in [2.05, 4.69) is 26.6 Å². The van der Waals surface area contributed by atoms with E-state index >= 15 is 0 Å². The number of anilines is 1. The number of hydrogen-bond donors (Lipinski definition) is 7. The number of guanidine groups is 1. The second-order valence-corrected chi connectivity index (χ2v) is 10.3. The predicted molar refractivity (Wildman–Crippen MR) is 162 cm³/mol. The Balaban J connectivity index is 1.64. The molecule has 0 radical (unpaired) electrons. The quantitative estimate of drug-likeness (QED) is 0.0666. The molecule has 0 bridgehead atoms. The first kappa shape index (κ1) is 32.3. The lowest BCUT2D eigenvalue weighted by Gasteiger charge is -2.22. The number of benzene rings is 2. The first-order chi connectivity index (χ1) is 20.4. The zero-order valence-electron chi connectivity index (χ0n) is 24.3. The molecule has 3 rings (SSSR count). The van der Waals surface area contributed by atoms with Crippen molar-refractivity contribution < 1.29 is 23.6 Å². The zero-order chi connectivity index (χ0) is 31.5. The highest BCUT2D eigenvalue weighted by atomic mass is 16.4. The van der Waals surface area contributed by atoms with Crippen molar-refractivity contribution in [3.63, 3.8) is 0 Å². The lowest BCUT2D eigenvalue weighted by atomic mass is 10.0. The Kier molecular flexibility index (Phi) is 11.4. The van der Waals surface area contributed by atoms with Crippen LogP contribution < -0.4 is 37.9 Å². The highest BCUT2D eigenvalue weighted by molar-refractivity contribution is 6.00. The maximum atomic E-state index is 13.2. The summed E-state index contributed by atoms with van der Waals surface area (Å²) in [4.78, 5) is 63.3. The van der Waals surface area contributed by atoms with Crippen LogP contribution in [0.25, 0.3) is 11.0 Å². The van der Waals surface area contributed by atoms with Crippen LogP contribution in [0.2, 0.25) is 0 Å². The van der Waals surface area contributed by atoms with E-state index in [1.165, 1.54) is 12.1 Å². The van der Waals surface area contributed by atoms with Gasteiger partial charge in [-0.3, -0.25) is 24.6 Å². The minimum Gasteiger partial charge on any atom is -0.423 e. The Bertz CT molecular complexity index is 1540. The van der Waals surface area contributed by atoms with Crippen molar-refractivity contribution >= 4 is 46.2 Å². The summed E-state index contributed by atoms with van der Waals surface area (Å²) in [5.74, 6) is -2.61. The maximum absolute atomic E-state index is 13.2. The topological polar surface area (TPSA) is 209 Å². The van der Waals surface area contributed by atoms with Gasteiger partial charge in [0.25, 0.3) is 5.91 Å². The molecule has 13 nitrogen and oxygen atoms in total. The molecule has 43 heavy (non-hydrogen) atoms. The van der Waals surface area contributed by atoms with Crippen molar-refractivity contribution in [3.05, 3.63) is 76.1 Å². The number of rotatable bonds is 13. The summed E-state index contributed by atoms with van der Waals surface area (Å²) in [6.45, 7) is 5.18. The molecule has 13 heteroatoms. The highest BCUT2D eigenvalue weighted by Gasteiger charge is 2.26. The summed E-state index contributed by atoms with van der Waals surface area (Å²) in [7, 11) is 0. The van der Waals surface area contributed by atoms with E-state index in [-0.39, 0.29) is 18.3 Å². The van der Waals surface area contributed by atoms with Gasteiger partial charge in [0.2, 0.25) is 17.7 Å². The summed E-state index contributed by atoms with van der Waals surface area (Å²) >= 11 is 0. The molecule has 2 aromatic carbocycles. The van der Waals surface area contributed by atoms with Gasteiger partial charge < -0.3 is 36.7 Å². The third-order valence-electron chi connectivity index (χ3n) is 6.55. The van der Waals surface area contributed by atoms with Gasteiger partial charge in [-0.1, -0.05) is 32.0 Å². The molecule has 0 aliphatic heterocycles. The third kappa shape index (κ3) is 9.69. The van der Waals surface area contributed by atoms with E-state index in [1.54, 1.807) is 63.2 Å². The van der Waals surface area contributed by atoms with E-state index in [1.807, 2.05) is 0 Å². The van der Waals surface area contributed by atoms with Crippen molar-refractivity contribution in [3.8, 4) is 0 Å². The summed E-state index contributed by atoms with van der Waals surface area (Å²) in [6.07, 6.45) is 0.576. The number of nitrogens with two attached hydrogens (primary N) is 1. The number of carbonyl (C=O) groups is 4. The lowest BCUT2D eigenvalue weighted by molar-refractivity contribution is -0.129. The maximum Gasteiger partial charge on any atom is 0.336 e. The molecule has 2 atom stereocenters. The van der Waals surface area contributed by atoms with Gasteiger partial charge in [-0.05, 0) is 55.5 Å². The summed E-state index contributed by atoms with van der Waals surface area (Å²) in [6, 6.07) is 12.8. The summed E-state index contributed by atoms with van der Waals surface area (Å²) < 4.78 is 5.25. The van der Waals surface area contributed by atoms with Gasteiger partial charge >= 0.3 is 5.63 Å². The summed E-state index contributed by atoms with van der Waals surface area (Å²) in [5.41, 5.74) is 6.59. The van der Waals surface area contributed by atoms with Gasteiger partial charge in [0, 0.05) is 35.3 Å². The Morgan fingerprint density at radius 3 is 2.35 bits per heavy atom. The molecule has 8 N–H and O–H groups in total. The van der Waals surface area contributed by atoms with E-state index in [9.17, 15) is 24.0 Å². The average molecular weight is 592 g/mol. The van der Waals surface area contributed by atoms with Crippen molar-refractivity contribution in [1.82, 2.24) is 21.3 Å². The molecule has 0 saturated heterocycles. The van der Waals surface area contributed by atoms with Crippen LogP contribution in [-0.4, -0.2) is 54.8 Å². The fourth-order valence-corrected chi connectivity index (χ4v) is 4.30. The minimum atomic E-state index is -1.00. The van der Waals surface area contributed by atoms with Gasteiger partial charge in [0.15, 0.2) is 5.96 Å². The first-order valence-corrected chi connectivity index (χ1v) is 13.8. The smallest absolute Gasteiger partial charge is 0.336 e. The predicted octanol–water partition coefficient (Wildman–Crippen LogP) is 1.36. The Labute approximate surface area is 248 Å². The molecule has 0 aliphatic rings. The largest absolute Gasteiger partial charge is 0.423 e. The van der Waals surface area contributed by atoms with Gasteiger partial charge in [-0.15, -0.1) is 0 Å². The van der Waals surface area contributed by atoms with Gasteiger partial charge in [-0.2, -0.15) is 0 Å². The van der Waals surface area contributed by atoms with Gasteiger partial charge in [-0.25, -0.2) is 4.79 Å². The number of hydrogen-bond acceptors (Lipinski definition) is 7. The van der Waals surface area contributed by atoms with E-state index in [0.717, 1.165) is 5.56 Å². The zero-order valence-corrected chi connectivity index (χ0v) is 24.3. The molecule has 228 valence electrons. The van der Waals surface area contributed by atoms with Gasteiger partial charge in [0.1, 0.15) is 17.7 Å². The monoisotopic (exact) mass is 591 g/mol. The standard InChI is InChI=1S/C30H37N7O6/c1-17(2)26(37-27(40)19-8-5-4-6-9-19)29(42)34-16-24(38)36-22(10-7-13-33-30(31)32)28(41)35-20-11-12-21-18(3)14-25(39)43-23(21)15-20/h4-6,8-9,11-12,14-15,17,22,26H,7,10,13,16H2,1-3H3,(H,34,42)(H,35,41)(H,36,38)(H,37,40)(H4,31,32,33). The van der Waals surface area contributed by atoms with Crippen LogP contribution >= 0.6 is 0 Å². The van der Waals surface area contributed by atoms with Crippen molar-refractivity contribution in [2.45, 2.75) is 45.7 Å². The van der Waals surface area contributed by atoms with Crippen LogP contribution in [-0.2, 0) is 14.4 Å². The van der Waals surface area contributed by atoms with E-state index in [4.69, 9.17) is 15.6 Å². The normalized spacial score (nSPS) is 12.2. The number of nitrogens with one attached hydrogen (secondary N) is 6. The van der Waals surface area contributed by atoms with Crippen LogP contribution in [0.15, 0.2) is 63.8 Å². The summed E-state index contributed by atoms with van der Waals surface area (Å²) in [5, 5.41) is 21.2. The minimum absolute atomic E-state index is 0.190. The van der Waals surface area contributed by atoms with Crippen LogP contribution in [0, 0.1) is 18.3 Å². The molecule has 2 unspecified atom stereocenters. The molecule has 0 saturated carbocycles. The SMILES string of the molecule is Cc1cc(=O)oc2cc(NC(=O)C(CCCNC(=N)N)NC(=O)CNC(=O)C(NC(=O)c3ccccc3)C(C)C)ccc12. The van der Waals surface area contributed by atoms with E-state index in [0.29, 0.717) is 35.2 Å². The number of aryl methyl sites for hydroxylation is 1. The molecule has 1 heterocycles. The lowest BCUT2D eigenvalue weighted by Crippen LogP contribution is -2.53. The van der Waals surface area contributed by atoms with Crippen molar-refractivity contribution in [1.29, 1.82) is 5.41 Å². The third-order valence-corrected chi connectivity index (χ3v) is 6.55. The molecule has 4 amide bonds. The van der Waals surface area contributed by atoms with Gasteiger partial charge in [0.05, 0.1) is 6.54 Å². The fraction of sp³-hybridized carbons (Fsp3) is 0.333. The Morgan fingerprint density at radius 2 is 1.67 bits per heavy atom. The van der Waals surface area contributed by atoms with E-state index < -0.39 is 47.9 Å². The second kappa shape index (κ2) is 15.1. The Morgan fingerprint density at radius 1 is 0.953 bits per heavy atom. The fourth-order valence-electron chi connectivity index (χ4n) is 4.30. The van der Waals surface area contributed by atoms with Crippen LogP contribution in [0.5, 0.6) is 0 Å². The molecule has 0 spiro atoms. The average Bonchev–Trinajstić information content (AvgIpc) is 2.95. The molecule has 1 aromatic heterocycles. The second-order valence-electron chi connectivity index (χ2n) is 10.3. The highest BCUT2D eigenvalue weighted by Crippen LogP contribution is 2.21. The van der Waals surface area contributed by atoms with Crippen LogP contribution in [0.4, 0.5) is 5.69 Å². The number of fused-ring (bicyclic) bond motifs is 1. The Hall–Kier alpha value is -5.20. The molecule has 3 aromatic rings. The van der Waals surface area contributed by atoms with Crippen LogP contribution in [0.1, 0.15) is 42.6 Å². The molecular weight excluding hydrogens is 554 g/mol. The van der Waals surface area contributed by atoms with Crippen molar-refractivity contribution in [2.24, 2.45) is 11.7 Å². The number of carbonyl (C=O) groups excluding carboxylic acids is 4. The first-order valence-electron chi connectivity index (χ1n) is 13.8. The van der Waals surface area contributed by atoms with Crippen LogP contribution in [0.3, 0.4) is 0 Å².